The molecule has 0 aromatic rings. The van der Waals surface area contributed by atoms with Crippen molar-refractivity contribution in [3.8, 4) is 0 Å². The number of nitrogens with zero attached hydrogens (tertiary/aromatic N) is 1. The monoisotopic (exact) mass is 215 g/mol. The van der Waals surface area contributed by atoms with E-state index in [0.717, 1.165) is 24.5 Å². The van der Waals surface area contributed by atoms with Crippen LogP contribution >= 0.6 is 11.8 Å². The highest BCUT2D eigenvalue weighted by molar-refractivity contribution is 7.99. The lowest BCUT2D eigenvalue weighted by Gasteiger charge is -2.37. The normalized spacial score (nSPS) is 32.1. The zero-order chi connectivity index (χ0) is 10.8. The predicted octanol–water partition coefficient (Wildman–Crippen LogP) is 3.39. The summed E-state index contributed by atoms with van der Waals surface area (Å²) in [7, 11) is 0. The van der Waals surface area contributed by atoms with Crippen molar-refractivity contribution in [2.45, 2.75) is 45.3 Å². The Morgan fingerprint density at radius 1 is 1.43 bits per heavy atom. The zero-order valence-corrected chi connectivity index (χ0v) is 10.4. The molecule has 1 N–H and O–H groups in total. The Balaban J connectivity index is 2.66. The van der Waals surface area contributed by atoms with Crippen LogP contribution in [0.1, 0.15) is 40.0 Å². The van der Waals surface area contributed by atoms with Crippen LogP contribution in [0, 0.1) is 11.3 Å². The molecule has 0 bridgehead atoms. The average molecular weight is 215 g/mol. The molecule has 1 fully saturated rings. The van der Waals surface area contributed by atoms with Gasteiger partial charge in [-0.05, 0) is 36.9 Å². The fraction of sp³-hybridized carbons (Fsp3) is 0.909. The SMILES string of the molecule is CS[C@@H]1C[C@@H](C(C)(C)C)CC/C1=N/O. The van der Waals surface area contributed by atoms with E-state index in [1.165, 1.54) is 6.42 Å². The highest BCUT2D eigenvalue weighted by Crippen LogP contribution is 2.39. The molecule has 0 aromatic heterocycles. The first-order valence-electron chi connectivity index (χ1n) is 5.22. The molecule has 3 heteroatoms. The summed E-state index contributed by atoms with van der Waals surface area (Å²) in [5.74, 6) is 0.755. The molecule has 1 aliphatic rings. The smallest absolute Gasteiger partial charge is 0.0700 e. The first-order chi connectivity index (χ1) is 6.49. The van der Waals surface area contributed by atoms with E-state index < -0.39 is 0 Å². The van der Waals surface area contributed by atoms with Crippen LogP contribution in [0.25, 0.3) is 0 Å². The van der Waals surface area contributed by atoms with Gasteiger partial charge in [0.05, 0.1) is 5.71 Å². The fourth-order valence-corrected chi connectivity index (χ4v) is 2.99. The van der Waals surface area contributed by atoms with Gasteiger partial charge in [-0.1, -0.05) is 25.9 Å². The molecule has 0 unspecified atom stereocenters. The van der Waals surface area contributed by atoms with Crippen molar-refractivity contribution in [3.05, 3.63) is 0 Å². The summed E-state index contributed by atoms with van der Waals surface area (Å²) in [6, 6.07) is 0. The third-order valence-corrected chi connectivity index (χ3v) is 4.29. The van der Waals surface area contributed by atoms with Crippen molar-refractivity contribution in [1.82, 2.24) is 0 Å². The van der Waals surface area contributed by atoms with Gasteiger partial charge in [0.15, 0.2) is 0 Å². The van der Waals surface area contributed by atoms with Gasteiger partial charge in [0.2, 0.25) is 0 Å². The van der Waals surface area contributed by atoms with Crippen LogP contribution in [0.4, 0.5) is 0 Å². The van der Waals surface area contributed by atoms with Gasteiger partial charge in [0.1, 0.15) is 0 Å². The minimum absolute atomic E-state index is 0.384. The second-order valence-corrected chi connectivity index (χ2v) is 6.19. The van der Waals surface area contributed by atoms with Gasteiger partial charge >= 0.3 is 0 Å². The van der Waals surface area contributed by atoms with Gasteiger partial charge < -0.3 is 5.21 Å². The molecule has 2 nitrogen and oxygen atoms in total. The molecule has 0 aliphatic heterocycles. The Bertz CT molecular complexity index is 220. The van der Waals surface area contributed by atoms with E-state index in [1.54, 1.807) is 0 Å². The van der Waals surface area contributed by atoms with Crippen molar-refractivity contribution < 1.29 is 5.21 Å². The van der Waals surface area contributed by atoms with Crippen LogP contribution in [0.5, 0.6) is 0 Å². The molecule has 0 spiro atoms. The first-order valence-corrected chi connectivity index (χ1v) is 6.51. The van der Waals surface area contributed by atoms with Crippen molar-refractivity contribution in [2.75, 3.05) is 6.26 Å². The second-order valence-electron chi connectivity index (χ2n) is 5.15. The van der Waals surface area contributed by atoms with Crippen molar-refractivity contribution in [2.24, 2.45) is 16.5 Å². The summed E-state index contributed by atoms with van der Waals surface area (Å²) < 4.78 is 0. The van der Waals surface area contributed by atoms with Gasteiger partial charge in [-0.15, -0.1) is 0 Å². The molecule has 1 aliphatic carbocycles. The van der Waals surface area contributed by atoms with Crippen LogP contribution in [0.15, 0.2) is 5.16 Å². The standard InChI is InChI=1S/C11H21NOS/c1-11(2,3)8-5-6-9(12-13)10(7-8)14-4/h8,10,13H,5-7H2,1-4H3/b12-9-/t8-,10+/m0/s1. The third kappa shape index (κ3) is 2.66. The Morgan fingerprint density at radius 2 is 2.07 bits per heavy atom. The van der Waals surface area contributed by atoms with Crippen molar-refractivity contribution in [3.63, 3.8) is 0 Å². The Morgan fingerprint density at radius 3 is 2.50 bits per heavy atom. The molecule has 82 valence electrons. The number of rotatable bonds is 1. The lowest BCUT2D eigenvalue weighted by Crippen LogP contribution is -2.33. The summed E-state index contributed by atoms with van der Waals surface area (Å²) in [5.41, 5.74) is 1.37. The third-order valence-electron chi connectivity index (χ3n) is 3.26. The van der Waals surface area contributed by atoms with E-state index in [0.29, 0.717) is 10.7 Å². The van der Waals surface area contributed by atoms with E-state index >= 15 is 0 Å². The summed E-state index contributed by atoms with van der Waals surface area (Å²) in [5, 5.41) is 12.7. The zero-order valence-electron chi connectivity index (χ0n) is 9.58. The summed E-state index contributed by atoms with van der Waals surface area (Å²) in [6.45, 7) is 6.91. The molecule has 14 heavy (non-hydrogen) atoms. The molecule has 0 amide bonds. The lowest BCUT2D eigenvalue weighted by molar-refractivity contribution is 0.207. The van der Waals surface area contributed by atoms with Crippen LogP contribution < -0.4 is 0 Å². The Hall–Kier alpha value is -0.180. The molecule has 0 aromatic carbocycles. The summed E-state index contributed by atoms with van der Waals surface area (Å²) >= 11 is 1.81. The minimum Gasteiger partial charge on any atom is -0.411 e. The Labute approximate surface area is 91.1 Å². The highest BCUT2D eigenvalue weighted by atomic mass is 32.2. The largest absolute Gasteiger partial charge is 0.411 e. The molecular weight excluding hydrogens is 194 g/mol. The van der Waals surface area contributed by atoms with E-state index in [1.807, 2.05) is 11.8 Å². The maximum atomic E-state index is 8.86. The average Bonchev–Trinajstić information content (AvgIpc) is 2.15. The predicted molar refractivity (Wildman–Crippen MR) is 63.3 cm³/mol. The van der Waals surface area contributed by atoms with E-state index in [4.69, 9.17) is 5.21 Å². The van der Waals surface area contributed by atoms with Gasteiger partial charge in [0.25, 0.3) is 0 Å². The molecule has 0 saturated heterocycles. The van der Waals surface area contributed by atoms with Gasteiger partial charge in [-0.25, -0.2) is 0 Å². The molecular formula is C11H21NOS. The van der Waals surface area contributed by atoms with Gasteiger partial charge in [0, 0.05) is 5.25 Å². The topological polar surface area (TPSA) is 32.6 Å². The number of oxime groups is 1. The first kappa shape index (κ1) is 11.9. The molecule has 0 radical (unpaired) electrons. The lowest BCUT2D eigenvalue weighted by atomic mass is 9.72. The fourth-order valence-electron chi connectivity index (χ4n) is 2.13. The molecule has 1 rings (SSSR count). The summed E-state index contributed by atoms with van der Waals surface area (Å²) in [6.07, 6.45) is 5.38. The minimum atomic E-state index is 0.384. The van der Waals surface area contributed by atoms with E-state index in [-0.39, 0.29) is 0 Å². The van der Waals surface area contributed by atoms with Crippen LogP contribution in [0.3, 0.4) is 0 Å². The maximum absolute atomic E-state index is 8.86. The molecule has 0 heterocycles. The number of thioether (sulfide) groups is 1. The van der Waals surface area contributed by atoms with Crippen molar-refractivity contribution in [1.29, 1.82) is 0 Å². The molecule has 2 atom stereocenters. The van der Waals surface area contributed by atoms with E-state index in [2.05, 4.69) is 32.2 Å². The van der Waals surface area contributed by atoms with Crippen molar-refractivity contribution >= 4 is 17.5 Å². The maximum Gasteiger partial charge on any atom is 0.0700 e. The van der Waals surface area contributed by atoms with Gasteiger partial charge in [-0.2, -0.15) is 11.8 Å². The van der Waals surface area contributed by atoms with Crippen LogP contribution in [0.2, 0.25) is 0 Å². The van der Waals surface area contributed by atoms with Crippen LogP contribution in [-0.4, -0.2) is 22.4 Å². The number of hydrogen-bond donors (Lipinski definition) is 1. The van der Waals surface area contributed by atoms with E-state index in [9.17, 15) is 0 Å². The Kier molecular flexibility index (Phi) is 3.87. The summed E-state index contributed by atoms with van der Waals surface area (Å²) in [4.78, 5) is 0. The molecule has 1 saturated carbocycles. The quantitative estimate of drug-likeness (QED) is 0.537. The second kappa shape index (κ2) is 4.56. The number of hydrogen-bond acceptors (Lipinski definition) is 3. The highest BCUT2D eigenvalue weighted by Gasteiger charge is 2.33. The van der Waals surface area contributed by atoms with Gasteiger partial charge in [-0.3, -0.25) is 0 Å². The van der Waals surface area contributed by atoms with Crippen LogP contribution in [-0.2, 0) is 0 Å².